The van der Waals surface area contributed by atoms with Crippen LogP contribution in [-0.4, -0.2) is 11.8 Å². The molecular weight excluding hydrogens is 326 g/mol. The van der Waals surface area contributed by atoms with Crippen LogP contribution < -0.4 is 0 Å². The SMILES string of the molecule is CC(=C\C=C/C=N[C@]1(C)C[C@@H]1C)/C(=C\C1c2cc(C)cc(C)c21)CC(C)C. The Morgan fingerprint density at radius 1 is 1.26 bits per heavy atom. The normalized spacial score (nSPS) is 27.7. The van der Waals surface area contributed by atoms with E-state index in [2.05, 4.69) is 89.9 Å². The molecule has 0 amide bonds. The zero-order chi connectivity index (χ0) is 19.8. The first-order chi connectivity index (χ1) is 12.7. The van der Waals surface area contributed by atoms with Crippen molar-refractivity contribution >= 4 is 6.21 Å². The van der Waals surface area contributed by atoms with Crippen molar-refractivity contribution in [2.45, 2.75) is 72.8 Å². The highest BCUT2D eigenvalue weighted by atomic mass is 14.9. The number of allylic oxidation sites excluding steroid dienone is 6. The first-order valence-corrected chi connectivity index (χ1v) is 10.4. The second-order valence-electron chi connectivity index (χ2n) is 9.33. The molecule has 1 nitrogen and oxygen atoms in total. The highest BCUT2D eigenvalue weighted by Gasteiger charge is 2.45. The molecule has 0 bridgehead atoms. The van der Waals surface area contributed by atoms with Crippen molar-refractivity contribution in [3.63, 3.8) is 0 Å². The van der Waals surface area contributed by atoms with Crippen molar-refractivity contribution in [2.75, 3.05) is 0 Å². The van der Waals surface area contributed by atoms with Crippen LogP contribution in [0.15, 0.2) is 52.6 Å². The largest absolute Gasteiger partial charge is 0.287 e. The van der Waals surface area contributed by atoms with Crippen molar-refractivity contribution < 1.29 is 0 Å². The van der Waals surface area contributed by atoms with Crippen molar-refractivity contribution in [3.05, 3.63) is 69.8 Å². The molecule has 1 unspecified atom stereocenters. The standard InChI is InChI=1S/C26H35N/c1-17(2)12-22(15-24-23-14-18(3)13-20(5)25(23)24)19(4)10-8-9-11-27-26(7)16-21(26)6/h8-11,13-15,17,21,24H,12,16H2,1-7H3/b9-8-,19-10+,22-15-,27-11?/t21-,24?,26+/m0/s1. The predicted molar refractivity (Wildman–Crippen MR) is 119 cm³/mol. The van der Waals surface area contributed by atoms with E-state index in [1.54, 1.807) is 5.56 Å². The zero-order valence-electron chi connectivity index (χ0n) is 18.1. The highest BCUT2D eigenvalue weighted by Crippen LogP contribution is 2.48. The van der Waals surface area contributed by atoms with Gasteiger partial charge in [0.15, 0.2) is 0 Å². The fraction of sp³-hybridized carbons (Fsp3) is 0.500. The lowest BCUT2D eigenvalue weighted by Gasteiger charge is -2.11. The van der Waals surface area contributed by atoms with E-state index < -0.39 is 0 Å². The van der Waals surface area contributed by atoms with Crippen molar-refractivity contribution in [3.8, 4) is 0 Å². The second kappa shape index (κ2) is 7.62. The molecule has 0 N–H and O–H groups in total. The molecule has 1 heteroatoms. The van der Waals surface area contributed by atoms with Gasteiger partial charge in [0, 0.05) is 12.1 Å². The molecule has 0 heterocycles. The van der Waals surface area contributed by atoms with E-state index in [1.807, 2.05) is 6.21 Å². The molecule has 1 aromatic carbocycles. The van der Waals surface area contributed by atoms with E-state index in [-0.39, 0.29) is 5.54 Å². The average molecular weight is 362 g/mol. The van der Waals surface area contributed by atoms with E-state index in [1.165, 1.54) is 34.3 Å². The molecule has 2 aliphatic carbocycles. The Bertz CT molecular complexity index is 834. The summed E-state index contributed by atoms with van der Waals surface area (Å²) >= 11 is 0. The molecule has 1 aromatic rings. The van der Waals surface area contributed by atoms with Crippen LogP contribution in [0, 0.1) is 25.7 Å². The number of aryl methyl sites for hydroxylation is 2. The molecule has 3 atom stereocenters. The van der Waals surface area contributed by atoms with Gasteiger partial charge in [-0.15, -0.1) is 0 Å². The summed E-state index contributed by atoms with van der Waals surface area (Å²) in [6.07, 6.45) is 13.3. The maximum absolute atomic E-state index is 4.69. The van der Waals surface area contributed by atoms with E-state index in [4.69, 9.17) is 0 Å². The summed E-state index contributed by atoms with van der Waals surface area (Å²) in [6, 6.07) is 4.66. The maximum atomic E-state index is 4.69. The van der Waals surface area contributed by atoms with Gasteiger partial charge in [-0.1, -0.05) is 56.7 Å². The lowest BCUT2D eigenvalue weighted by atomic mass is 9.95. The number of benzene rings is 1. The number of aliphatic imine (C=N–C) groups is 1. The van der Waals surface area contributed by atoms with Crippen LogP contribution in [0.4, 0.5) is 0 Å². The Morgan fingerprint density at radius 3 is 2.59 bits per heavy atom. The Morgan fingerprint density at radius 2 is 1.96 bits per heavy atom. The van der Waals surface area contributed by atoms with E-state index in [0.29, 0.717) is 11.8 Å². The molecule has 144 valence electrons. The van der Waals surface area contributed by atoms with Crippen molar-refractivity contribution in [1.29, 1.82) is 0 Å². The Labute approximate surface area is 166 Å². The lowest BCUT2D eigenvalue weighted by Crippen LogP contribution is -1.99. The van der Waals surface area contributed by atoms with Crippen LogP contribution in [0.25, 0.3) is 0 Å². The molecule has 0 spiro atoms. The summed E-state index contributed by atoms with van der Waals surface area (Å²) in [5, 5.41) is 0. The summed E-state index contributed by atoms with van der Waals surface area (Å²) in [4.78, 5) is 4.69. The molecule has 0 saturated heterocycles. The zero-order valence-corrected chi connectivity index (χ0v) is 18.1. The monoisotopic (exact) mass is 361 g/mol. The topological polar surface area (TPSA) is 12.4 Å². The minimum absolute atomic E-state index is 0.194. The summed E-state index contributed by atoms with van der Waals surface area (Å²) in [6.45, 7) is 15.8. The van der Waals surface area contributed by atoms with Crippen LogP contribution in [0.3, 0.4) is 0 Å². The first-order valence-electron chi connectivity index (χ1n) is 10.4. The third kappa shape index (κ3) is 4.69. The van der Waals surface area contributed by atoms with Crippen molar-refractivity contribution in [1.82, 2.24) is 0 Å². The number of rotatable bonds is 7. The molecule has 0 aliphatic heterocycles. The van der Waals surface area contributed by atoms with Crippen LogP contribution in [0.1, 0.15) is 75.6 Å². The first kappa shape index (κ1) is 19.9. The van der Waals surface area contributed by atoms with Gasteiger partial charge >= 0.3 is 0 Å². The van der Waals surface area contributed by atoms with Gasteiger partial charge in [0.25, 0.3) is 0 Å². The molecule has 1 saturated carbocycles. The summed E-state index contributed by atoms with van der Waals surface area (Å²) < 4.78 is 0. The summed E-state index contributed by atoms with van der Waals surface area (Å²) in [7, 11) is 0. The minimum atomic E-state index is 0.194. The highest BCUT2D eigenvalue weighted by molar-refractivity contribution is 5.72. The molecular formula is C26H35N. The Balaban J connectivity index is 1.72. The Kier molecular flexibility index (Phi) is 5.60. The number of fused-ring (bicyclic) bond motifs is 1. The predicted octanol–water partition coefficient (Wildman–Crippen LogP) is 7.09. The summed E-state index contributed by atoms with van der Waals surface area (Å²) in [5.74, 6) is 1.91. The molecule has 0 aromatic heterocycles. The van der Waals surface area contributed by atoms with E-state index in [9.17, 15) is 0 Å². The van der Waals surface area contributed by atoms with Crippen LogP contribution in [-0.2, 0) is 0 Å². The molecule has 3 rings (SSSR count). The van der Waals surface area contributed by atoms with Gasteiger partial charge < -0.3 is 0 Å². The Hall–Kier alpha value is -1.89. The van der Waals surface area contributed by atoms with Gasteiger partial charge in [0.1, 0.15) is 0 Å². The van der Waals surface area contributed by atoms with Crippen LogP contribution >= 0.6 is 0 Å². The lowest BCUT2D eigenvalue weighted by molar-refractivity contribution is 0.644. The third-order valence-corrected chi connectivity index (χ3v) is 6.16. The van der Waals surface area contributed by atoms with Gasteiger partial charge in [-0.3, -0.25) is 4.99 Å². The van der Waals surface area contributed by atoms with Gasteiger partial charge in [0.05, 0.1) is 5.54 Å². The quantitative estimate of drug-likeness (QED) is 0.363. The fourth-order valence-corrected chi connectivity index (χ4v) is 4.09. The fourth-order valence-electron chi connectivity index (χ4n) is 4.09. The minimum Gasteiger partial charge on any atom is -0.287 e. The van der Waals surface area contributed by atoms with Gasteiger partial charge in [0.2, 0.25) is 0 Å². The van der Waals surface area contributed by atoms with Gasteiger partial charge in [-0.2, -0.15) is 0 Å². The molecule has 0 radical (unpaired) electrons. The maximum Gasteiger partial charge on any atom is 0.0609 e. The van der Waals surface area contributed by atoms with Crippen LogP contribution in [0.5, 0.6) is 0 Å². The van der Waals surface area contributed by atoms with E-state index in [0.717, 1.165) is 12.3 Å². The molecule has 1 fully saturated rings. The van der Waals surface area contributed by atoms with Gasteiger partial charge in [-0.25, -0.2) is 0 Å². The third-order valence-electron chi connectivity index (χ3n) is 6.16. The number of hydrogen-bond donors (Lipinski definition) is 0. The smallest absolute Gasteiger partial charge is 0.0609 e. The van der Waals surface area contributed by atoms with Crippen molar-refractivity contribution in [2.24, 2.45) is 16.8 Å². The average Bonchev–Trinajstić information content (AvgIpc) is 3.42. The number of nitrogens with zero attached hydrogens (tertiary/aromatic N) is 1. The second-order valence-corrected chi connectivity index (χ2v) is 9.33. The summed E-state index contributed by atoms with van der Waals surface area (Å²) in [5.41, 5.74) is 8.93. The molecule has 2 aliphatic rings. The van der Waals surface area contributed by atoms with Crippen LogP contribution in [0.2, 0.25) is 0 Å². The number of hydrogen-bond acceptors (Lipinski definition) is 1. The molecule has 27 heavy (non-hydrogen) atoms. The van der Waals surface area contributed by atoms with Gasteiger partial charge in [-0.05, 0) is 86.3 Å². The van der Waals surface area contributed by atoms with E-state index >= 15 is 0 Å².